The van der Waals surface area contributed by atoms with Crippen LogP contribution in [0.4, 0.5) is 17.1 Å². The maximum Gasteiger partial charge on any atom is 0.262 e. The third kappa shape index (κ3) is 2.76. The molecule has 0 radical (unpaired) electrons. The molecule has 3 N–H and O–H groups in total. The van der Waals surface area contributed by atoms with Crippen molar-refractivity contribution in [3.8, 4) is 5.75 Å². The van der Waals surface area contributed by atoms with Gasteiger partial charge in [-0.1, -0.05) is 0 Å². The standard InChI is InChI=1S/C15H22N4O2/c1-10(2)18-3-5-19(6-4-18)13-8-12-14(7-11(13)16)21-9-15(20)17-12/h7-8,10H,3-6,9,16H2,1-2H3,(H,17,20). The Kier molecular flexibility index (Phi) is 3.63. The number of rotatable bonds is 2. The molecule has 2 heterocycles. The van der Waals surface area contributed by atoms with Gasteiger partial charge in [-0.2, -0.15) is 0 Å². The summed E-state index contributed by atoms with van der Waals surface area (Å²) in [4.78, 5) is 16.2. The predicted molar refractivity (Wildman–Crippen MR) is 83.9 cm³/mol. The zero-order valence-electron chi connectivity index (χ0n) is 12.6. The second kappa shape index (κ2) is 5.44. The number of piperazine rings is 1. The van der Waals surface area contributed by atoms with Gasteiger partial charge < -0.3 is 20.7 Å². The number of nitrogen functional groups attached to an aromatic ring is 1. The van der Waals surface area contributed by atoms with E-state index in [9.17, 15) is 4.79 Å². The Morgan fingerprint density at radius 2 is 1.95 bits per heavy atom. The van der Waals surface area contributed by atoms with Crippen LogP contribution in [0.3, 0.4) is 0 Å². The number of anilines is 3. The van der Waals surface area contributed by atoms with Gasteiger partial charge in [-0.3, -0.25) is 9.69 Å². The van der Waals surface area contributed by atoms with Crippen molar-refractivity contribution in [2.24, 2.45) is 0 Å². The maximum absolute atomic E-state index is 11.4. The van der Waals surface area contributed by atoms with E-state index in [2.05, 4.69) is 29.0 Å². The minimum atomic E-state index is -0.122. The molecule has 1 saturated heterocycles. The van der Waals surface area contributed by atoms with E-state index in [1.54, 1.807) is 6.07 Å². The van der Waals surface area contributed by atoms with Crippen LogP contribution in [0.2, 0.25) is 0 Å². The number of carbonyl (C=O) groups is 1. The lowest BCUT2D eigenvalue weighted by atomic mass is 10.1. The Balaban J connectivity index is 1.80. The molecule has 0 atom stereocenters. The molecule has 3 rings (SSSR count). The molecule has 0 saturated carbocycles. The smallest absolute Gasteiger partial charge is 0.262 e. The molecule has 2 aliphatic rings. The Morgan fingerprint density at radius 1 is 1.24 bits per heavy atom. The highest BCUT2D eigenvalue weighted by molar-refractivity contribution is 5.97. The number of hydrogen-bond donors (Lipinski definition) is 2. The van der Waals surface area contributed by atoms with E-state index in [0.29, 0.717) is 23.2 Å². The van der Waals surface area contributed by atoms with Gasteiger partial charge in [0, 0.05) is 38.3 Å². The van der Waals surface area contributed by atoms with Gasteiger partial charge in [0.15, 0.2) is 6.61 Å². The molecule has 0 bridgehead atoms. The second-order valence-electron chi connectivity index (χ2n) is 5.86. The van der Waals surface area contributed by atoms with Crippen molar-refractivity contribution >= 4 is 23.0 Å². The first kappa shape index (κ1) is 14.0. The van der Waals surface area contributed by atoms with Crippen molar-refractivity contribution in [1.29, 1.82) is 0 Å². The van der Waals surface area contributed by atoms with Crippen LogP contribution in [0, 0.1) is 0 Å². The number of nitrogens with two attached hydrogens (primary N) is 1. The van der Waals surface area contributed by atoms with Crippen molar-refractivity contribution in [1.82, 2.24) is 4.90 Å². The van der Waals surface area contributed by atoms with Crippen LogP contribution >= 0.6 is 0 Å². The summed E-state index contributed by atoms with van der Waals surface area (Å²) in [5, 5.41) is 2.84. The van der Waals surface area contributed by atoms with Gasteiger partial charge in [-0.25, -0.2) is 0 Å². The van der Waals surface area contributed by atoms with E-state index in [4.69, 9.17) is 10.5 Å². The molecule has 1 fully saturated rings. The molecular weight excluding hydrogens is 268 g/mol. The topological polar surface area (TPSA) is 70.8 Å². The number of carbonyl (C=O) groups excluding carboxylic acids is 1. The van der Waals surface area contributed by atoms with Gasteiger partial charge in [0.05, 0.1) is 17.1 Å². The number of fused-ring (bicyclic) bond motifs is 1. The molecule has 1 aromatic carbocycles. The molecule has 0 spiro atoms. The number of benzene rings is 1. The molecule has 0 unspecified atom stereocenters. The summed E-state index contributed by atoms with van der Waals surface area (Å²) in [5.41, 5.74) is 8.54. The Morgan fingerprint density at radius 3 is 2.62 bits per heavy atom. The van der Waals surface area contributed by atoms with Crippen LogP contribution in [0.25, 0.3) is 0 Å². The lowest BCUT2D eigenvalue weighted by Gasteiger charge is -2.38. The highest BCUT2D eigenvalue weighted by Crippen LogP contribution is 2.37. The van der Waals surface area contributed by atoms with E-state index in [-0.39, 0.29) is 12.5 Å². The molecule has 6 nitrogen and oxygen atoms in total. The molecule has 114 valence electrons. The highest BCUT2D eigenvalue weighted by Gasteiger charge is 2.23. The first-order valence-electron chi connectivity index (χ1n) is 7.40. The van der Waals surface area contributed by atoms with Gasteiger partial charge in [-0.05, 0) is 19.9 Å². The fourth-order valence-electron chi connectivity index (χ4n) is 2.88. The van der Waals surface area contributed by atoms with E-state index in [0.717, 1.165) is 31.9 Å². The van der Waals surface area contributed by atoms with Gasteiger partial charge in [0.2, 0.25) is 0 Å². The Bertz CT molecular complexity index is 551. The molecular formula is C15H22N4O2. The average Bonchev–Trinajstić information content (AvgIpc) is 2.47. The molecule has 2 aliphatic heterocycles. The number of nitrogens with zero attached hydrogens (tertiary/aromatic N) is 2. The molecule has 6 heteroatoms. The first-order valence-corrected chi connectivity index (χ1v) is 7.40. The van der Waals surface area contributed by atoms with Crippen molar-refractivity contribution in [3.05, 3.63) is 12.1 Å². The maximum atomic E-state index is 11.4. The highest BCUT2D eigenvalue weighted by atomic mass is 16.5. The zero-order chi connectivity index (χ0) is 15.0. The first-order chi connectivity index (χ1) is 10.0. The minimum Gasteiger partial charge on any atom is -0.482 e. The Hall–Kier alpha value is -1.95. The predicted octanol–water partition coefficient (Wildman–Crippen LogP) is 1.13. The van der Waals surface area contributed by atoms with E-state index in [1.807, 2.05) is 6.07 Å². The van der Waals surface area contributed by atoms with Crippen LogP contribution in [0.1, 0.15) is 13.8 Å². The lowest BCUT2D eigenvalue weighted by molar-refractivity contribution is -0.118. The minimum absolute atomic E-state index is 0.0544. The van der Waals surface area contributed by atoms with Crippen LogP contribution in [-0.2, 0) is 4.79 Å². The molecule has 21 heavy (non-hydrogen) atoms. The summed E-state index contributed by atoms with van der Waals surface area (Å²) in [5.74, 6) is 0.527. The third-order valence-electron chi connectivity index (χ3n) is 4.15. The Labute approximate surface area is 124 Å². The van der Waals surface area contributed by atoms with E-state index >= 15 is 0 Å². The van der Waals surface area contributed by atoms with Crippen LogP contribution in [0.5, 0.6) is 5.75 Å². The summed E-state index contributed by atoms with van der Waals surface area (Å²) >= 11 is 0. The van der Waals surface area contributed by atoms with Crippen molar-refractivity contribution in [2.75, 3.05) is 48.7 Å². The van der Waals surface area contributed by atoms with Gasteiger partial charge in [-0.15, -0.1) is 0 Å². The van der Waals surface area contributed by atoms with Crippen molar-refractivity contribution in [3.63, 3.8) is 0 Å². The summed E-state index contributed by atoms with van der Waals surface area (Å²) in [7, 11) is 0. The van der Waals surface area contributed by atoms with Gasteiger partial charge in [0.1, 0.15) is 5.75 Å². The van der Waals surface area contributed by atoms with Crippen LogP contribution in [0.15, 0.2) is 12.1 Å². The summed E-state index contributed by atoms with van der Waals surface area (Å²) in [6.45, 7) is 8.42. The largest absolute Gasteiger partial charge is 0.482 e. The summed E-state index contributed by atoms with van der Waals surface area (Å²) < 4.78 is 5.39. The van der Waals surface area contributed by atoms with Gasteiger partial charge in [0.25, 0.3) is 5.91 Å². The molecule has 1 aromatic rings. The summed E-state index contributed by atoms with van der Waals surface area (Å²) in [6.07, 6.45) is 0. The number of ether oxygens (including phenoxy) is 1. The quantitative estimate of drug-likeness (QED) is 0.799. The van der Waals surface area contributed by atoms with E-state index < -0.39 is 0 Å². The fraction of sp³-hybridized carbons (Fsp3) is 0.533. The summed E-state index contributed by atoms with van der Waals surface area (Å²) in [6, 6.07) is 4.30. The molecule has 0 aromatic heterocycles. The number of hydrogen-bond acceptors (Lipinski definition) is 5. The van der Waals surface area contributed by atoms with Crippen molar-refractivity contribution < 1.29 is 9.53 Å². The fourth-order valence-corrected chi connectivity index (χ4v) is 2.88. The second-order valence-corrected chi connectivity index (χ2v) is 5.86. The van der Waals surface area contributed by atoms with Crippen LogP contribution in [-0.4, -0.2) is 49.6 Å². The third-order valence-corrected chi connectivity index (χ3v) is 4.15. The van der Waals surface area contributed by atoms with Crippen molar-refractivity contribution in [2.45, 2.75) is 19.9 Å². The SMILES string of the molecule is CC(C)N1CCN(c2cc3c(cc2N)OCC(=O)N3)CC1. The monoisotopic (exact) mass is 290 g/mol. The van der Waals surface area contributed by atoms with E-state index in [1.165, 1.54) is 0 Å². The average molecular weight is 290 g/mol. The number of nitrogens with one attached hydrogen (secondary N) is 1. The lowest BCUT2D eigenvalue weighted by Crippen LogP contribution is -2.49. The van der Waals surface area contributed by atoms with Gasteiger partial charge >= 0.3 is 0 Å². The normalized spacial score (nSPS) is 19.2. The molecule has 0 aliphatic carbocycles. The molecule has 1 amide bonds. The van der Waals surface area contributed by atoms with Crippen LogP contribution < -0.4 is 20.7 Å². The number of amides is 1. The zero-order valence-corrected chi connectivity index (χ0v) is 12.6.